The van der Waals surface area contributed by atoms with E-state index in [-0.39, 0.29) is 29.5 Å². The molecular weight excluding hydrogens is 412 g/mol. The van der Waals surface area contributed by atoms with Crippen molar-refractivity contribution in [1.82, 2.24) is 15.5 Å². The molecule has 2 heterocycles. The number of ether oxygens (including phenoxy) is 2. The topological polar surface area (TPSA) is 106 Å². The van der Waals surface area contributed by atoms with E-state index in [9.17, 15) is 14.9 Å². The third-order valence-electron chi connectivity index (χ3n) is 6.34. The van der Waals surface area contributed by atoms with Crippen LogP contribution >= 0.6 is 0 Å². The van der Waals surface area contributed by atoms with E-state index in [2.05, 4.69) is 10.6 Å². The quantitative estimate of drug-likeness (QED) is 0.526. The third-order valence-corrected chi connectivity index (χ3v) is 6.34. The van der Waals surface area contributed by atoms with Crippen LogP contribution in [0.1, 0.15) is 50.7 Å². The molecule has 0 bridgehead atoms. The highest BCUT2D eigenvalue weighted by atomic mass is 16.6. The van der Waals surface area contributed by atoms with Gasteiger partial charge in [-0.2, -0.15) is 0 Å². The first-order chi connectivity index (χ1) is 15.1. The minimum atomic E-state index is -0.532. The third kappa shape index (κ3) is 5.69. The average molecular weight is 449 g/mol. The molecule has 9 heteroatoms. The van der Waals surface area contributed by atoms with Gasteiger partial charge >= 0.3 is 11.8 Å². The fourth-order valence-corrected chi connectivity index (χ4v) is 4.83. The van der Waals surface area contributed by atoms with Gasteiger partial charge < -0.3 is 25.0 Å². The minimum absolute atomic E-state index is 0.0124. The maximum Gasteiger partial charge on any atom is 0.410 e. The van der Waals surface area contributed by atoms with E-state index >= 15 is 0 Å². The van der Waals surface area contributed by atoms with E-state index in [0.717, 1.165) is 50.1 Å². The molecule has 178 valence electrons. The molecule has 0 radical (unpaired) electrons. The van der Waals surface area contributed by atoms with Crippen molar-refractivity contribution in [1.29, 1.82) is 0 Å². The molecular formula is C23H36N4O5. The highest BCUT2D eigenvalue weighted by Crippen LogP contribution is 2.40. The zero-order chi connectivity index (χ0) is 23.5. The lowest BCUT2D eigenvalue weighted by Gasteiger charge is -2.41. The number of nitro groups is 1. The number of nitro benzene ring substituents is 1. The number of hydrogen-bond acceptors (Lipinski definition) is 7. The maximum atomic E-state index is 12.8. The van der Waals surface area contributed by atoms with Crippen molar-refractivity contribution < 1.29 is 19.2 Å². The summed E-state index contributed by atoms with van der Waals surface area (Å²) in [6, 6.07) is 3.47. The van der Waals surface area contributed by atoms with E-state index in [0.29, 0.717) is 12.5 Å². The first kappa shape index (κ1) is 24.3. The van der Waals surface area contributed by atoms with Crippen LogP contribution in [0.3, 0.4) is 0 Å². The molecule has 0 aromatic heterocycles. The SMILES string of the molecule is COc1cc(C2CNCCC2CC2CNCCN2C(=O)OC(C)(C)C)c(C)cc1[N+](=O)[O-]. The van der Waals surface area contributed by atoms with Crippen LogP contribution < -0.4 is 15.4 Å². The second-order valence-corrected chi connectivity index (χ2v) is 9.76. The monoisotopic (exact) mass is 448 g/mol. The number of nitrogens with zero attached hydrogens (tertiary/aromatic N) is 2. The highest BCUT2D eigenvalue weighted by molar-refractivity contribution is 5.68. The van der Waals surface area contributed by atoms with Crippen molar-refractivity contribution in [2.75, 3.05) is 39.8 Å². The summed E-state index contributed by atoms with van der Waals surface area (Å²) in [5.74, 6) is 0.798. The van der Waals surface area contributed by atoms with Gasteiger partial charge in [0.1, 0.15) is 5.60 Å². The van der Waals surface area contributed by atoms with Crippen molar-refractivity contribution in [2.24, 2.45) is 5.92 Å². The van der Waals surface area contributed by atoms with Crippen LogP contribution in [0, 0.1) is 23.0 Å². The predicted octanol–water partition coefficient (Wildman–Crippen LogP) is 3.20. The summed E-state index contributed by atoms with van der Waals surface area (Å²) in [4.78, 5) is 25.7. The molecule has 2 saturated heterocycles. The Kier molecular flexibility index (Phi) is 7.61. The molecule has 1 amide bonds. The summed E-state index contributed by atoms with van der Waals surface area (Å²) in [6.07, 6.45) is 1.56. The van der Waals surface area contributed by atoms with Crippen LogP contribution in [0.25, 0.3) is 0 Å². The molecule has 0 spiro atoms. The zero-order valence-corrected chi connectivity index (χ0v) is 19.8. The Bertz CT molecular complexity index is 838. The van der Waals surface area contributed by atoms with Crippen LogP contribution in [0.2, 0.25) is 0 Å². The summed E-state index contributed by atoms with van der Waals surface area (Å²) in [5.41, 5.74) is 1.41. The second kappa shape index (κ2) is 10.0. The number of methoxy groups -OCH3 is 1. The standard InChI is InChI=1S/C23H36N4O5/c1-15-10-20(27(29)30)21(31-5)12-18(15)19-14-24-7-6-16(19)11-17-13-25-8-9-26(17)22(28)32-23(2,3)4/h10,12,16-17,19,24-25H,6-9,11,13-14H2,1-5H3. The van der Waals surface area contributed by atoms with Crippen LogP contribution in [-0.2, 0) is 4.74 Å². The Morgan fingerprint density at radius 3 is 2.62 bits per heavy atom. The lowest BCUT2D eigenvalue weighted by molar-refractivity contribution is -0.385. The van der Waals surface area contributed by atoms with Gasteiger partial charge in [0.15, 0.2) is 5.75 Å². The molecule has 3 unspecified atom stereocenters. The maximum absolute atomic E-state index is 12.8. The summed E-state index contributed by atoms with van der Waals surface area (Å²) >= 11 is 0. The van der Waals surface area contributed by atoms with E-state index in [4.69, 9.17) is 9.47 Å². The molecule has 2 aliphatic heterocycles. The van der Waals surface area contributed by atoms with Gasteiger partial charge in [-0.15, -0.1) is 0 Å². The van der Waals surface area contributed by atoms with Gasteiger partial charge in [0, 0.05) is 38.3 Å². The number of carbonyl (C=O) groups is 1. The molecule has 2 N–H and O–H groups in total. The number of nitrogens with one attached hydrogen (secondary N) is 2. The van der Waals surface area contributed by atoms with Crippen LogP contribution in [0.15, 0.2) is 12.1 Å². The molecule has 1 aromatic carbocycles. The van der Waals surface area contributed by atoms with Crippen LogP contribution in [0.4, 0.5) is 10.5 Å². The lowest BCUT2D eigenvalue weighted by Crippen LogP contribution is -2.55. The first-order valence-corrected chi connectivity index (χ1v) is 11.3. The number of piperidine rings is 1. The van der Waals surface area contributed by atoms with Crippen molar-refractivity contribution in [3.63, 3.8) is 0 Å². The Morgan fingerprint density at radius 2 is 1.97 bits per heavy atom. The summed E-state index contributed by atoms with van der Waals surface area (Å²) in [5, 5.41) is 18.3. The molecule has 9 nitrogen and oxygen atoms in total. The van der Waals surface area contributed by atoms with E-state index in [1.54, 1.807) is 6.07 Å². The lowest BCUT2D eigenvalue weighted by atomic mass is 9.76. The number of rotatable bonds is 5. The van der Waals surface area contributed by atoms with Crippen molar-refractivity contribution in [3.05, 3.63) is 33.4 Å². The van der Waals surface area contributed by atoms with E-state index in [1.165, 1.54) is 7.11 Å². The summed E-state index contributed by atoms with van der Waals surface area (Å²) in [6.45, 7) is 11.4. The highest BCUT2D eigenvalue weighted by Gasteiger charge is 2.36. The van der Waals surface area contributed by atoms with Crippen molar-refractivity contribution in [2.45, 2.75) is 58.1 Å². The molecule has 3 rings (SSSR count). The molecule has 0 saturated carbocycles. The number of carbonyl (C=O) groups excluding carboxylic acids is 1. The largest absolute Gasteiger partial charge is 0.490 e. The van der Waals surface area contributed by atoms with E-state index in [1.807, 2.05) is 38.7 Å². The molecule has 0 aliphatic carbocycles. The number of piperazine rings is 1. The van der Waals surface area contributed by atoms with Gasteiger partial charge in [0.25, 0.3) is 0 Å². The van der Waals surface area contributed by atoms with Crippen LogP contribution in [-0.4, -0.2) is 67.4 Å². The molecule has 32 heavy (non-hydrogen) atoms. The Hall–Kier alpha value is -2.39. The fraction of sp³-hybridized carbons (Fsp3) is 0.696. The number of benzene rings is 1. The molecule has 2 fully saturated rings. The predicted molar refractivity (Wildman–Crippen MR) is 122 cm³/mol. The van der Waals surface area contributed by atoms with Crippen molar-refractivity contribution in [3.8, 4) is 5.75 Å². The molecule has 3 atom stereocenters. The van der Waals surface area contributed by atoms with Gasteiger partial charge in [0.2, 0.25) is 0 Å². The second-order valence-electron chi connectivity index (χ2n) is 9.76. The van der Waals surface area contributed by atoms with Gasteiger partial charge in [-0.05, 0) is 76.1 Å². The smallest absolute Gasteiger partial charge is 0.410 e. The first-order valence-electron chi connectivity index (χ1n) is 11.3. The Labute approximate surface area is 190 Å². The fourth-order valence-electron chi connectivity index (χ4n) is 4.83. The Morgan fingerprint density at radius 1 is 1.25 bits per heavy atom. The van der Waals surface area contributed by atoms with Gasteiger partial charge in [-0.25, -0.2) is 4.79 Å². The van der Waals surface area contributed by atoms with Crippen molar-refractivity contribution >= 4 is 11.8 Å². The number of hydrogen-bond donors (Lipinski definition) is 2. The Balaban J connectivity index is 1.83. The normalized spacial score (nSPS) is 24.2. The average Bonchev–Trinajstić information content (AvgIpc) is 2.73. The molecule has 1 aromatic rings. The number of amides is 1. The molecule has 2 aliphatic rings. The number of aryl methyl sites for hydroxylation is 1. The zero-order valence-electron chi connectivity index (χ0n) is 19.8. The van der Waals surface area contributed by atoms with Gasteiger partial charge in [-0.1, -0.05) is 0 Å². The summed E-state index contributed by atoms with van der Waals surface area (Å²) < 4.78 is 11.0. The van der Waals surface area contributed by atoms with Crippen LogP contribution in [0.5, 0.6) is 5.75 Å². The summed E-state index contributed by atoms with van der Waals surface area (Å²) in [7, 11) is 1.46. The minimum Gasteiger partial charge on any atom is -0.490 e. The van der Waals surface area contributed by atoms with Gasteiger partial charge in [-0.3, -0.25) is 10.1 Å². The van der Waals surface area contributed by atoms with E-state index < -0.39 is 10.5 Å². The van der Waals surface area contributed by atoms with Gasteiger partial charge in [0.05, 0.1) is 12.0 Å².